The Hall–Kier alpha value is -2.70. The Bertz CT molecular complexity index is 633. The zero-order valence-electron chi connectivity index (χ0n) is 10.4. The van der Waals surface area contributed by atoms with Crippen molar-refractivity contribution in [3.8, 4) is 5.69 Å². The Morgan fingerprint density at radius 2 is 2.00 bits per heavy atom. The second-order valence-electron chi connectivity index (χ2n) is 4.05. The maximum Gasteiger partial charge on any atom is 0.354 e. The Kier molecular flexibility index (Phi) is 3.28. The number of carbonyl (C=O) groups excluding carboxylic acids is 1. The van der Waals surface area contributed by atoms with Crippen LogP contribution in [0.3, 0.4) is 0 Å². The zero-order valence-corrected chi connectivity index (χ0v) is 10.4. The van der Waals surface area contributed by atoms with Crippen molar-refractivity contribution in [2.75, 3.05) is 14.1 Å². The first-order chi connectivity index (χ1) is 8.99. The molecule has 0 atom stereocenters. The van der Waals surface area contributed by atoms with E-state index in [4.69, 9.17) is 5.11 Å². The minimum Gasteiger partial charge on any atom is -0.477 e. The van der Waals surface area contributed by atoms with Crippen molar-refractivity contribution < 1.29 is 14.7 Å². The van der Waals surface area contributed by atoms with Crippen molar-refractivity contribution in [1.29, 1.82) is 0 Å². The van der Waals surface area contributed by atoms with Crippen molar-refractivity contribution in [3.05, 3.63) is 42.0 Å². The molecule has 0 aliphatic rings. The molecule has 1 N–H and O–H groups in total. The molecule has 2 aromatic heterocycles. The number of aromatic carboxylic acids is 1. The summed E-state index contributed by atoms with van der Waals surface area (Å²) in [6.07, 6.45) is 2.98. The third-order valence-corrected chi connectivity index (χ3v) is 2.44. The van der Waals surface area contributed by atoms with Crippen molar-refractivity contribution in [1.82, 2.24) is 19.7 Å². The van der Waals surface area contributed by atoms with Crippen molar-refractivity contribution >= 4 is 11.9 Å². The van der Waals surface area contributed by atoms with Crippen LogP contribution in [0.25, 0.3) is 5.69 Å². The average molecular weight is 260 g/mol. The summed E-state index contributed by atoms with van der Waals surface area (Å²) >= 11 is 0. The minimum atomic E-state index is -1.11. The summed E-state index contributed by atoms with van der Waals surface area (Å²) in [6, 6.07) is 4.58. The number of aromatic nitrogens is 3. The Morgan fingerprint density at radius 1 is 1.26 bits per heavy atom. The van der Waals surface area contributed by atoms with Gasteiger partial charge in [-0.2, -0.15) is 5.10 Å². The number of carbonyl (C=O) groups is 2. The van der Waals surface area contributed by atoms with Crippen LogP contribution in [-0.2, 0) is 0 Å². The smallest absolute Gasteiger partial charge is 0.354 e. The number of pyridine rings is 1. The van der Waals surface area contributed by atoms with Crippen LogP contribution >= 0.6 is 0 Å². The fraction of sp³-hybridized carbons (Fsp3) is 0.167. The molecule has 0 aliphatic carbocycles. The van der Waals surface area contributed by atoms with Crippen molar-refractivity contribution in [2.45, 2.75) is 0 Å². The third kappa shape index (κ3) is 2.59. The van der Waals surface area contributed by atoms with E-state index in [2.05, 4.69) is 10.1 Å². The molecule has 0 aliphatic heterocycles. The monoisotopic (exact) mass is 260 g/mol. The molecule has 0 bridgehead atoms. The molecule has 2 rings (SSSR count). The molecule has 0 saturated carbocycles. The van der Waals surface area contributed by atoms with Gasteiger partial charge in [0.2, 0.25) is 0 Å². The summed E-state index contributed by atoms with van der Waals surface area (Å²) in [7, 11) is 3.27. The van der Waals surface area contributed by atoms with Crippen LogP contribution in [0.15, 0.2) is 30.6 Å². The molecule has 0 fully saturated rings. The van der Waals surface area contributed by atoms with Gasteiger partial charge in [-0.25, -0.2) is 14.5 Å². The third-order valence-electron chi connectivity index (χ3n) is 2.44. The number of amides is 1. The summed E-state index contributed by atoms with van der Waals surface area (Å²) in [5, 5.41) is 13.0. The van der Waals surface area contributed by atoms with Gasteiger partial charge in [-0.3, -0.25) is 4.79 Å². The highest BCUT2D eigenvalue weighted by Crippen LogP contribution is 2.09. The fourth-order valence-corrected chi connectivity index (χ4v) is 1.49. The van der Waals surface area contributed by atoms with Crippen LogP contribution < -0.4 is 0 Å². The van der Waals surface area contributed by atoms with Gasteiger partial charge >= 0.3 is 5.97 Å². The van der Waals surface area contributed by atoms with E-state index in [1.165, 1.54) is 21.8 Å². The molecule has 19 heavy (non-hydrogen) atoms. The number of rotatable bonds is 3. The SMILES string of the molecule is CN(C)C(=O)c1ccn(-c2ccnc(C(=O)O)c2)n1. The van der Waals surface area contributed by atoms with Gasteiger partial charge in [0.1, 0.15) is 5.69 Å². The molecule has 0 radical (unpaired) electrons. The van der Waals surface area contributed by atoms with E-state index in [-0.39, 0.29) is 11.6 Å². The molecular formula is C12H12N4O3. The lowest BCUT2D eigenvalue weighted by Crippen LogP contribution is -2.22. The van der Waals surface area contributed by atoms with Gasteiger partial charge in [-0.15, -0.1) is 0 Å². The predicted octanol–water partition coefficient (Wildman–Crippen LogP) is 0.667. The second-order valence-corrected chi connectivity index (χ2v) is 4.05. The van der Waals surface area contributed by atoms with Gasteiger partial charge in [-0.05, 0) is 18.2 Å². The highest BCUT2D eigenvalue weighted by Gasteiger charge is 2.13. The number of nitrogens with zero attached hydrogens (tertiary/aromatic N) is 4. The van der Waals surface area contributed by atoms with Crippen LogP contribution in [0.2, 0.25) is 0 Å². The average Bonchev–Trinajstić information content (AvgIpc) is 2.87. The van der Waals surface area contributed by atoms with E-state index in [0.29, 0.717) is 11.4 Å². The molecule has 0 spiro atoms. The minimum absolute atomic E-state index is 0.0755. The summed E-state index contributed by atoms with van der Waals surface area (Å²) in [5.74, 6) is -1.33. The molecule has 2 heterocycles. The van der Waals surface area contributed by atoms with Gasteiger partial charge in [-0.1, -0.05) is 0 Å². The zero-order chi connectivity index (χ0) is 14.0. The van der Waals surface area contributed by atoms with Crippen LogP contribution in [0.5, 0.6) is 0 Å². The molecule has 0 saturated heterocycles. The Morgan fingerprint density at radius 3 is 2.63 bits per heavy atom. The van der Waals surface area contributed by atoms with E-state index in [1.54, 1.807) is 32.4 Å². The molecule has 0 unspecified atom stereocenters. The second kappa shape index (κ2) is 4.89. The lowest BCUT2D eigenvalue weighted by Gasteiger charge is -2.07. The first-order valence-electron chi connectivity index (χ1n) is 5.46. The topological polar surface area (TPSA) is 88.3 Å². The summed E-state index contributed by atoms with van der Waals surface area (Å²) in [6.45, 7) is 0. The lowest BCUT2D eigenvalue weighted by molar-refractivity contribution is 0.0690. The van der Waals surface area contributed by atoms with E-state index in [0.717, 1.165) is 0 Å². The molecule has 7 nitrogen and oxygen atoms in total. The van der Waals surface area contributed by atoms with E-state index in [9.17, 15) is 9.59 Å². The maximum atomic E-state index is 11.7. The normalized spacial score (nSPS) is 10.2. The summed E-state index contributed by atoms with van der Waals surface area (Å²) in [5.41, 5.74) is 0.748. The highest BCUT2D eigenvalue weighted by atomic mass is 16.4. The lowest BCUT2D eigenvalue weighted by atomic mass is 10.3. The van der Waals surface area contributed by atoms with Crippen molar-refractivity contribution in [3.63, 3.8) is 0 Å². The van der Waals surface area contributed by atoms with Crippen molar-refractivity contribution in [2.24, 2.45) is 0 Å². The highest BCUT2D eigenvalue weighted by molar-refractivity contribution is 5.91. The first-order valence-corrected chi connectivity index (χ1v) is 5.46. The molecule has 1 amide bonds. The number of hydrogen-bond donors (Lipinski definition) is 1. The molecule has 0 aromatic carbocycles. The molecule has 98 valence electrons. The molecular weight excluding hydrogens is 248 g/mol. The maximum absolute atomic E-state index is 11.7. The number of carboxylic acid groups (broad SMARTS) is 1. The van der Waals surface area contributed by atoms with Gasteiger partial charge < -0.3 is 10.0 Å². The Labute approximate surface area is 109 Å². The fourth-order valence-electron chi connectivity index (χ4n) is 1.49. The van der Waals surface area contributed by atoms with Gasteiger partial charge in [0.25, 0.3) is 5.91 Å². The summed E-state index contributed by atoms with van der Waals surface area (Å²) in [4.78, 5) is 27.7. The van der Waals surface area contributed by atoms with Crippen LogP contribution in [0.1, 0.15) is 21.0 Å². The van der Waals surface area contributed by atoms with Gasteiger partial charge in [0, 0.05) is 26.5 Å². The largest absolute Gasteiger partial charge is 0.477 e. The van der Waals surface area contributed by atoms with E-state index in [1.807, 2.05) is 0 Å². The van der Waals surface area contributed by atoms with Gasteiger partial charge in [0.05, 0.1) is 5.69 Å². The van der Waals surface area contributed by atoms with E-state index < -0.39 is 5.97 Å². The quantitative estimate of drug-likeness (QED) is 0.876. The van der Waals surface area contributed by atoms with Crippen LogP contribution in [-0.4, -0.2) is 50.7 Å². The molecule has 7 heteroatoms. The summed E-state index contributed by atoms with van der Waals surface area (Å²) < 4.78 is 1.44. The van der Waals surface area contributed by atoms with Gasteiger partial charge in [0.15, 0.2) is 5.69 Å². The van der Waals surface area contributed by atoms with E-state index >= 15 is 0 Å². The number of carboxylic acids is 1. The first kappa shape index (κ1) is 12.7. The van der Waals surface area contributed by atoms with Crippen LogP contribution in [0.4, 0.5) is 0 Å². The Balaban J connectivity index is 2.35. The number of hydrogen-bond acceptors (Lipinski definition) is 4. The van der Waals surface area contributed by atoms with Crippen LogP contribution in [0, 0.1) is 0 Å². The predicted molar refractivity (Wildman–Crippen MR) is 66.3 cm³/mol. The standard InChI is InChI=1S/C12H12N4O3/c1-15(2)11(17)9-4-6-16(14-9)8-3-5-13-10(7-8)12(18)19/h3-7H,1-2H3,(H,18,19). The molecule has 2 aromatic rings.